The molecule has 0 aliphatic carbocycles. The summed E-state index contributed by atoms with van der Waals surface area (Å²) in [6.07, 6.45) is -3.99. The zero-order chi connectivity index (χ0) is 28.8. The second-order valence-corrected chi connectivity index (χ2v) is 10.8. The van der Waals surface area contributed by atoms with E-state index in [9.17, 15) is 18.0 Å². The molecule has 2 N–H and O–H groups in total. The van der Waals surface area contributed by atoms with Crippen LogP contribution in [0.2, 0.25) is 10.0 Å². The van der Waals surface area contributed by atoms with Crippen LogP contribution in [0.3, 0.4) is 0 Å². The first-order valence-corrected chi connectivity index (χ1v) is 13.1. The number of halogens is 5. The number of alkyl halides is 3. The Bertz CT molecular complexity index is 1580. The van der Waals surface area contributed by atoms with Gasteiger partial charge in [-0.3, -0.25) is 4.79 Å². The first-order valence-electron chi connectivity index (χ1n) is 12.3. The minimum absolute atomic E-state index is 0.213. The van der Waals surface area contributed by atoms with Gasteiger partial charge >= 0.3 is 6.18 Å². The molecule has 40 heavy (non-hydrogen) atoms. The Hall–Kier alpha value is -3.47. The van der Waals surface area contributed by atoms with E-state index in [0.717, 1.165) is 23.2 Å². The summed E-state index contributed by atoms with van der Waals surface area (Å²) in [5.74, 6) is 0.294. The molecule has 1 aliphatic heterocycles. The first-order chi connectivity index (χ1) is 18.9. The molecule has 0 unspecified atom stereocenters. The summed E-state index contributed by atoms with van der Waals surface area (Å²) in [7, 11) is 1.59. The highest BCUT2D eigenvalue weighted by Gasteiger charge is 2.37. The van der Waals surface area contributed by atoms with Gasteiger partial charge in [0.15, 0.2) is 0 Å². The van der Waals surface area contributed by atoms with Crippen molar-refractivity contribution in [2.75, 3.05) is 24.4 Å². The highest BCUT2D eigenvalue weighted by Crippen LogP contribution is 2.44. The Morgan fingerprint density at radius 1 is 1.15 bits per heavy atom. The smallest absolute Gasteiger partial charge is 0.416 e. The third-order valence-corrected chi connectivity index (χ3v) is 7.12. The Balaban J connectivity index is 1.60. The molecule has 210 valence electrons. The van der Waals surface area contributed by atoms with Crippen molar-refractivity contribution in [1.29, 1.82) is 0 Å². The molecule has 4 aromatic rings. The number of aromatic nitrogens is 2. The zero-order valence-electron chi connectivity index (χ0n) is 21.7. The van der Waals surface area contributed by atoms with Crippen LogP contribution in [-0.4, -0.2) is 34.8 Å². The maximum Gasteiger partial charge on any atom is 0.416 e. The van der Waals surface area contributed by atoms with Gasteiger partial charge in [-0.2, -0.15) is 13.2 Å². The van der Waals surface area contributed by atoms with Crippen LogP contribution in [0.25, 0.3) is 11.0 Å². The average molecular weight is 593 g/mol. The van der Waals surface area contributed by atoms with Crippen LogP contribution >= 0.6 is 23.2 Å². The molecule has 0 atom stereocenters. The highest BCUT2D eigenvalue weighted by atomic mass is 35.5. The van der Waals surface area contributed by atoms with E-state index >= 15 is 0 Å². The van der Waals surface area contributed by atoms with Gasteiger partial charge in [-0.15, -0.1) is 0 Å². The van der Waals surface area contributed by atoms with E-state index in [1.165, 1.54) is 12.1 Å². The van der Waals surface area contributed by atoms with E-state index in [0.29, 0.717) is 52.5 Å². The summed E-state index contributed by atoms with van der Waals surface area (Å²) in [6, 6.07) is 11.0. The van der Waals surface area contributed by atoms with E-state index in [1.54, 1.807) is 31.4 Å². The molecule has 7 nitrogen and oxygen atoms in total. The van der Waals surface area contributed by atoms with Crippen LogP contribution in [0.4, 0.5) is 30.5 Å². The van der Waals surface area contributed by atoms with Crippen LogP contribution in [0.15, 0.2) is 48.5 Å². The molecule has 0 fully saturated rings. The fraction of sp³-hybridized carbons (Fsp3) is 0.286. The minimum atomic E-state index is -4.48. The molecular weight excluding hydrogens is 568 g/mol. The summed E-state index contributed by atoms with van der Waals surface area (Å²) in [5, 5.41) is 6.72. The van der Waals surface area contributed by atoms with Crippen molar-refractivity contribution in [1.82, 2.24) is 9.55 Å². The molecule has 0 bridgehead atoms. The van der Waals surface area contributed by atoms with E-state index in [2.05, 4.69) is 10.6 Å². The van der Waals surface area contributed by atoms with Gasteiger partial charge in [0.2, 0.25) is 5.95 Å². The second kappa shape index (κ2) is 10.5. The number of nitrogens with zero attached hydrogens (tertiary/aromatic N) is 2. The summed E-state index contributed by atoms with van der Waals surface area (Å²) in [5.41, 5.74) is 1.54. The molecule has 1 aliphatic rings. The maximum absolute atomic E-state index is 13.4. The number of fused-ring (bicyclic) bond motifs is 3. The van der Waals surface area contributed by atoms with Gasteiger partial charge in [0.1, 0.15) is 11.4 Å². The van der Waals surface area contributed by atoms with Crippen LogP contribution in [-0.2, 0) is 23.9 Å². The van der Waals surface area contributed by atoms with Crippen molar-refractivity contribution in [3.05, 3.63) is 75.3 Å². The van der Waals surface area contributed by atoms with Crippen molar-refractivity contribution in [3.63, 3.8) is 0 Å². The van der Waals surface area contributed by atoms with Crippen LogP contribution in [0.5, 0.6) is 5.75 Å². The van der Waals surface area contributed by atoms with E-state index in [4.69, 9.17) is 37.7 Å². The number of benzene rings is 3. The topological polar surface area (TPSA) is 77.4 Å². The van der Waals surface area contributed by atoms with E-state index < -0.39 is 23.2 Å². The molecule has 0 spiro atoms. The number of para-hydroxylation sites is 1. The van der Waals surface area contributed by atoms with Crippen LogP contribution in [0.1, 0.15) is 35.3 Å². The van der Waals surface area contributed by atoms with Crippen molar-refractivity contribution < 1.29 is 27.4 Å². The molecule has 1 aromatic heterocycles. The Labute approximate surface area is 238 Å². The highest BCUT2D eigenvalue weighted by molar-refractivity contribution is 6.39. The number of amides is 1. The second-order valence-electron chi connectivity index (χ2n) is 9.97. The van der Waals surface area contributed by atoms with Gasteiger partial charge in [0.05, 0.1) is 44.5 Å². The van der Waals surface area contributed by atoms with Gasteiger partial charge in [-0.05, 0) is 56.3 Å². The Morgan fingerprint density at radius 3 is 2.45 bits per heavy atom. The molecule has 0 saturated carbocycles. The average Bonchev–Trinajstić information content (AvgIpc) is 3.39. The normalized spacial score (nSPS) is 14.2. The predicted molar refractivity (Wildman–Crippen MR) is 149 cm³/mol. The Morgan fingerprint density at radius 2 is 1.82 bits per heavy atom. The maximum atomic E-state index is 13.4. The third-order valence-electron chi connectivity index (χ3n) is 6.49. The lowest BCUT2D eigenvalue weighted by Crippen LogP contribution is -2.25. The lowest BCUT2D eigenvalue weighted by molar-refractivity contribution is -0.137. The van der Waals surface area contributed by atoms with Gasteiger partial charge in [0, 0.05) is 31.3 Å². The number of nitrogens with one attached hydrogen (secondary N) is 2. The van der Waals surface area contributed by atoms with Crippen molar-refractivity contribution in [2.45, 2.75) is 38.6 Å². The molecule has 12 heteroatoms. The van der Waals surface area contributed by atoms with Gasteiger partial charge < -0.3 is 24.7 Å². The molecule has 0 saturated heterocycles. The summed E-state index contributed by atoms with van der Waals surface area (Å²) in [6.45, 7) is 4.64. The van der Waals surface area contributed by atoms with Gasteiger partial charge in [-0.1, -0.05) is 29.3 Å². The SMILES string of the molecule is COCCn1c(Nc2c(Cl)cccc2Cl)nc2cc(C(=O)Nc3ccc(C(F)(F)F)cc3)c3c(c21)CC(C)(C)O3. The number of rotatable bonds is 7. The predicted octanol–water partition coefficient (Wildman–Crippen LogP) is 7.72. The van der Waals surface area contributed by atoms with Gasteiger partial charge in [-0.25, -0.2) is 4.98 Å². The summed E-state index contributed by atoms with van der Waals surface area (Å²) < 4.78 is 52.4. The largest absolute Gasteiger partial charge is 0.486 e. The number of methoxy groups -OCH3 is 1. The quantitative estimate of drug-likeness (QED) is 0.230. The molecule has 0 radical (unpaired) electrons. The fourth-order valence-corrected chi connectivity index (χ4v) is 5.21. The number of carbonyl (C=O) groups excluding carboxylic acids is 1. The van der Waals surface area contributed by atoms with Crippen LogP contribution < -0.4 is 15.4 Å². The number of hydrogen-bond acceptors (Lipinski definition) is 5. The van der Waals surface area contributed by atoms with Crippen molar-refractivity contribution in [2.24, 2.45) is 0 Å². The van der Waals surface area contributed by atoms with Crippen molar-refractivity contribution in [3.8, 4) is 5.75 Å². The standard InChI is InChI=1S/C28H25Cl2F3N4O3/c1-27(2)14-18-23-21(35-26(37(23)11-12-39-3)36-22-19(29)5-4-6-20(22)30)13-17(24(18)40-27)25(38)34-16-9-7-15(8-10-16)28(31,32)33/h4-10,13H,11-12,14H2,1-3H3,(H,34,38)(H,35,36). The molecule has 5 rings (SSSR count). The fourth-order valence-electron chi connectivity index (χ4n) is 4.72. The van der Waals surface area contributed by atoms with E-state index in [-0.39, 0.29) is 11.3 Å². The molecule has 1 amide bonds. The van der Waals surface area contributed by atoms with E-state index in [1.807, 2.05) is 18.4 Å². The number of imidazole rings is 1. The number of ether oxygens (including phenoxy) is 2. The number of anilines is 3. The Kier molecular flexibility index (Phi) is 7.37. The molecule has 2 heterocycles. The molecular formula is C28H25Cl2F3N4O3. The summed E-state index contributed by atoms with van der Waals surface area (Å²) >= 11 is 12.8. The monoisotopic (exact) mass is 592 g/mol. The molecule has 3 aromatic carbocycles. The minimum Gasteiger partial charge on any atom is -0.486 e. The lowest BCUT2D eigenvalue weighted by atomic mass is 9.98. The van der Waals surface area contributed by atoms with Crippen molar-refractivity contribution >= 4 is 57.5 Å². The number of carbonyl (C=O) groups is 1. The zero-order valence-corrected chi connectivity index (χ0v) is 23.3. The van der Waals surface area contributed by atoms with Gasteiger partial charge in [0.25, 0.3) is 5.91 Å². The summed E-state index contributed by atoms with van der Waals surface area (Å²) in [4.78, 5) is 18.2. The lowest BCUT2D eigenvalue weighted by Gasteiger charge is -2.18. The number of hydrogen-bond donors (Lipinski definition) is 2. The third kappa shape index (κ3) is 5.43. The van der Waals surface area contributed by atoms with Crippen LogP contribution in [0, 0.1) is 0 Å². The first kappa shape index (κ1) is 28.1.